The van der Waals surface area contributed by atoms with E-state index >= 15 is 0 Å². The molecule has 94 valence electrons. The summed E-state index contributed by atoms with van der Waals surface area (Å²) in [5.74, 6) is -1.09. The third kappa shape index (κ3) is 3.75. The van der Waals surface area contributed by atoms with Gasteiger partial charge in [0, 0.05) is 13.0 Å². The Hall–Kier alpha value is -1.54. The highest BCUT2D eigenvalue weighted by Gasteiger charge is 2.38. The molecule has 1 fully saturated rings. The van der Waals surface area contributed by atoms with E-state index in [0.29, 0.717) is 25.9 Å². The van der Waals surface area contributed by atoms with Gasteiger partial charge in [-0.05, 0) is 25.9 Å². The molecule has 0 saturated carbocycles. The van der Waals surface area contributed by atoms with E-state index in [1.807, 2.05) is 4.90 Å². The number of likely N-dealkylation sites (tertiary alicyclic amines) is 1. The van der Waals surface area contributed by atoms with Crippen molar-refractivity contribution in [3.63, 3.8) is 0 Å². The normalized spacial score (nSPS) is 25.1. The highest BCUT2D eigenvalue weighted by atomic mass is 16.4. The number of hydrogen-bond donors (Lipinski definition) is 2. The summed E-state index contributed by atoms with van der Waals surface area (Å²) in [5.41, 5.74) is 0. The molecule has 5 nitrogen and oxygen atoms in total. The monoisotopic (exact) mass is 239 g/mol. The van der Waals surface area contributed by atoms with Crippen LogP contribution in [0.4, 0.5) is 0 Å². The zero-order valence-corrected chi connectivity index (χ0v) is 9.63. The average molecular weight is 239 g/mol. The third-order valence-corrected chi connectivity index (χ3v) is 3.13. The van der Waals surface area contributed by atoms with Gasteiger partial charge in [0.25, 0.3) is 0 Å². The number of aliphatic carboxylic acids is 2. The molecule has 1 saturated heterocycles. The van der Waals surface area contributed by atoms with Crippen LogP contribution >= 0.6 is 0 Å². The predicted octanol–water partition coefficient (Wildman–Crippen LogP) is 0.507. The Bertz CT molecular complexity index is 334. The van der Waals surface area contributed by atoms with Crippen LogP contribution in [0.5, 0.6) is 0 Å². The van der Waals surface area contributed by atoms with Crippen molar-refractivity contribution < 1.29 is 19.8 Å². The first-order valence-electron chi connectivity index (χ1n) is 5.67. The second-order valence-electron chi connectivity index (χ2n) is 4.29. The van der Waals surface area contributed by atoms with Crippen LogP contribution in [0.25, 0.3) is 0 Å². The van der Waals surface area contributed by atoms with Gasteiger partial charge >= 0.3 is 11.9 Å². The second kappa shape index (κ2) is 6.26. The third-order valence-electron chi connectivity index (χ3n) is 3.13. The van der Waals surface area contributed by atoms with E-state index in [-0.39, 0.29) is 0 Å². The van der Waals surface area contributed by atoms with Gasteiger partial charge in [-0.15, -0.1) is 12.3 Å². The summed E-state index contributed by atoms with van der Waals surface area (Å²) in [7, 11) is 0. The van der Waals surface area contributed by atoms with Crippen molar-refractivity contribution >= 4 is 11.9 Å². The number of piperidine rings is 1. The molecule has 0 aromatic carbocycles. The first-order chi connectivity index (χ1) is 8.06. The van der Waals surface area contributed by atoms with Crippen molar-refractivity contribution in [3.8, 4) is 12.3 Å². The molecule has 1 heterocycles. The maximum absolute atomic E-state index is 11.0. The van der Waals surface area contributed by atoms with Gasteiger partial charge in [0.05, 0.1) is 11.8 Å². The zero-order valence-electron chi connectivity index (χ0n) is 9.63. The fraction of sp³-hybridized carbons (Fsp3) is 0.667. The Kier molecular flexibility index (Phi) is 4.98. The summed E-state index contributed by atoms with van der Waals surface area (Å²) in [5, 5.41) is 18.0. The molecule has 5 heteroatoms. The minimum absolute atomic E-state index is 0.302. The largest absolute Gasteiger partial charge is 0.481 e. The zero-order chi connectivity index (χ0) is 12.8. The van der Waals surface area contributed by atoms with Crippen LogP contribution in [0.1, 0.15) is 19.3 Å². The lowest BCUT2D eigenvalue weighted by molar-refractivity contribution is -0.157. The predicted molar refractivity (Wildman–Crippen MR) is 61.4 cm³/mol. The van der Waals surface area contributed by atoms with Crippen LogP contribution in [-0.2, 0) is 9.59 Å². The lowest BCUT2D eigenvalue weighted by atomic mass is 9.85. The fourth-order valence-electron chi connectivity index (χ4n) is 2.17. The van der Waals surface area contributed by atoms with Crippen LogP contribution in [0, 0.1) is 24.2 Å². The smallest absolute Gasteiger partial charge is 0.308 e. The number of hydrogen-bond acceptors (Lipinski definition) is 3. The number of carboxylic acids is 2. The SMILES string of the molecule is C#CCCCN1CCC(C(=O)O)C(C(=O)O)C1. The molecule has 0 spiro atoms. The number of carbonyl (C=O) groups is 2. The molecular formula is C12H17NO4. The van der Waals surface area contributed by atoms with E-state index in [1.54, 1.807) is 0 Å². The van der Waals surface area contributed by atoms with Crippen LogP contribution in [0.2, 0.25) is 0 Å². The molecule has 1 aliphatic rings. The van der Waals surface area contributed by atoms with Crippen LogP contribution < -0.4 is 0 Å². The lowest BCUT2D eigenvalue weighted by Crippen LogP contribution is -2.46. The quantitative estimate of drug-likeness (QED) is 0.540. The van der Waals surface area contributed by atoms with Gasteiger partial charge < -0.3 is 15.1 Å². The Morgan fingerprint density at radius 2 is 1.94 bits per heavy atom. The molecule has 0 radical (unpaired) electrons. The maximum atomic E-state index is 11.0. The molecule has 0 amide bonds. The number of nitrogens with zero attached hydrogens (tertiary/aromatic N) is 1. The molecule has 1 rings (SSSR count). The second-order valence-corrected chi connectivity index (χ2v) is 4.29. The van der Waals surface area contributed by atoms with Crippen molar-refractivity contribution in [2.24, 2.45) is 11.8 Å². The van der Waals surface area contributed by atoms with Gasteiger partial charge in [0.1, 0.15) is 0 Å². The van der Waals surface area contributed by atoms with E-state index in [4.69, 9.17) is 16.6 Å². The highest BCUT2D eigenvalue weighted by molar-refractivity contribution is 5.80. The van der Waals surface area contributed by atoms with Crippen LogP contribution in [-0.4, -0.2) is 46.7 Å². The molecule has 2 atom stereocenters. The maximum Gasteiger partial charge on any atom is 0.308 e. The first kappa shape index (κ1) is 13.5. The molecule has 2 unspecified atom stereocenters. The van der Waals surface area contributed by atoms with Gasteiger partial charge in [0.15, 0.2) is 0 Å². The molecule has 17 heavy (non-hydrogen) atoms. The Balaban J connectivity index is 2.54. The van der Waals surface area contributed by atoms with Crippen LogP contribution in [0.3, 0.4) is 0 Å². The van der Waals surface area contributed by atoms with Gasteiger partial charge in [-0.3, -0.25) is 9.59 Å². The number of terminal acetylenes is 1. The van der Waals surface area contributed by atoms with Gasteiger partial charge in [-0.25, -0.2) is 0 Å². The van der Waals surface area contributed by atoms with Crippen LogP contribution in [0.15, 0.2) is 0 Å². The molecule has 0 aliphatic carbocycles. The van der Waals surface area contributed by atoms with Crippen molar-refractivity contribution in [3.05, 3.63) is 0 Å². The lowest BCUT2D eigenvalue weighted by Gasteiger charge is -2.34. The van der Waals surface area contributed by atoms with Crippen molar-refractivity contribution in [1.82, 2.24) is 4.90 Å². The molecule has 0 aromatic rings. The van der Waals surface area contributed by atoms with E-state index in [1.165, 1.54) is 0 Å². The fourth-order valence-corrected chi connectivity index (χ4v) is 2.17. The molecule has 1 aliphatic heterocycles. The summed E-state index contributed by atoms with van der Waals surface area (Å²) in [6.45, 7) is 1.67. The standard InChI is InChI=1S/C12H17NO4/c1-2-3-4-6-13-7-5-9(11(14)15)10(8-13)12(16)17/h1,9-10H,3-8H2,(H,14,15)(H,16,17). The number of carboxylic acid groups (broad SMARTS) is 2. The Labute approximate surface area is 100 Å². The van der Waals surface area contributed by atoms with E-state index in [9.17, 15) is 9.59 Å². The van der Waals surface area contributed by atoms with E-state index < -0.39 is 23.8 Å². The van der Waals surface area contributed by atoms with E-state index in [0.717, 1.165) is 13.0 Å². The highest BCUT2D eigenvalue weighted by Crippen LogP contribution is 2.24. The molecular weight excluding hydrogens is 222 g/mol. The van der Waals surface area contributed by atoms with Crippen molar-refractivity contribution in [2.45, 2.75) is 19.3 Å². The van der Waals surface area contributed by atoms with Crippen molar-refractivity contribution in [2.75, 3.05) is 19.6 Å². The average Bonchev–Trinajstić information content (AvgIpc) is 2.29. The first-order valence-corrected chi connectivity index (χ1v) is 5.67. The molecule has 0 bridgehead atoms. The van der Waals surface area contributed by atoms with Gasteiger partial charge in [0.2, 0.25) is 0 Å². The summed E-state index contributed by atoms with van der Waals surface area (Å²) in [6.07, 6.45) is 7.02. The van der Waals surface area contributed by atoms with E-state index in [2.05, 4.69) is 5.92 Å². The Morgan fingerprint density at radius 3 is 2.47 bits per heavy atom. The van der Waals surface area contributed by atoms with Gasteiger partial charge in [-0.2, -0.15) is 0 Å². The van der Waals surface area contributed by atoms with Crippen molar-refractivity contribution in [1.29, 1.82) is 0 Å². The summed E-state index contributed by atoms with van der Waals surface area (Å²) >= 11 is 0. The summed E-state index contributed by atoms with van der Waals surface area (Å²) in [6, 6.07) is 0. The minimum atomic E-state index is -1.03. The summed E-state index contributed by atoms with van der Waals surface area (Å²) in [4.78, 5) is 23.9. The Morgan fingerprint density at radius 1 is 1.29 bits per heavy atom. The van der Waals surface area contributed by atoms with Gasteiger partial charge in [-0.1, -0.05) is 0 Å². The molecule has 0 aromatic heterocycles. The number of rotatable bonds is 5. The molecule has 2 N–H and O–H groups in total. The summed E-state index contributed by atoms with van der Waals surface area (Å²) < 4.78 is 0. The minimum Gasteiger partial charge on any atom is -0.481 e. The topological polar surface area (TPSA) is 77.8 Å². The number of unbranched alkanes of at least 4 members (excludes halogenated alkanes) is 1.